The Morgan fingerprint density at radius 3 is 2.48 bits per heavy atom. The van der Waals surface area contributed by atoms with Crippen LogP contribution in [0.5, 0.6) is 5.75 Å². The van der Waals surface area contributed by atoms with E-state index in [-0.39, 0.29) is 0 Å². The lowest BCUT2D eigenvalue weighted by molar-refractivity contribution is 0.414. The van der Waals surface area contributed by atoms with E-state index in [1.807, 2.05) is 6.07 Å². The number of anilines is 2. The van der Waals surface area contributed by atoms with Crippen LogP contribution in [0.15, 0.2) is 42.5 Å². The van der Waals surface area contributed by atoms with Gasteiger partial charge in [0, 0.05) is 24.0 Å². The topological polar surface area (TPSA) is 12.5 Å². The van der Waals surface area contributed by atoms with Crippen molar-refractivity contribution in [3.05, 3.63) is 53.6 Å². The van der Waals surface area contributed by atoms with Gasteiger partial charge in [0.25, 0.3) is 0 Å². The number of aryl methyl sites for hydroxylation is 2. The Hall–Kier alpha value is -1.96. The molecule has 0 aliphatic carbocycles. The number of benzene rings is 2. The maximum Gasteiger partial charge on any atom is 0.120 e. The average Bonchev–Trinajstić information content (AvgIpc) is 2.63. The van der Waals surface area contributed by atoms with Crippen molar-refractivity contribution in [3.8, 4) is 5.75 Å². The van der Waals surface area contributed by atoms with Gasteiger partial charge < -0.3 is 9.64 Å². The first-order valence-corrected chi connectivity index (χ1v) is 9.57. The van der Waals surface area contributed by atoms with Crippen LogP contribution in [0.4, 0.5) is 11.4 Å². The van der Waals surface area contributed by atoms with E-state index in [1.165, 1.54) is 48.2 Å². The minimum absolute atomic E-state index is 0.701. The maximum atomic E-state index is 5.46. The van der Waals surface area contributed by atoms with Crippen LogP contribution in [0, 0.1) is 19.8 Å². The lowest BCUT2D eigenvalue weighted by Crippen LogP contribution is -2.25. The molecular weight excluding hydrogens is 306 g/mol. The van der Waals surface area contributed by atoms with E-state index >= 15 is 0 Å². The highest BCUT2D eigenvalue weighted by Crippen LogP contribution is 2.33. The maximum absolute atomic E-state index is 5.46. The molecule has 2 aromatic rings. The number of ether oxygens (including phenoxy) is 1. The van der Waals surface area contributed by atoms with E-state index in [4.69, 9.17) is 4.74 Å². The number of rotatable bonds is 9. The van der Waals surface area contributed by atoms with Gasteiger partial charge in [0.15, 0.2) is 0 Å². The first kappa shape index (κ1) is 19.4. The van der Waals surface area contributed by atoms with Crippen molar-refractivity contribution in [2.75, 3.05) is 18.6 Å². The number of hydrogen-bond donors (Lipinski definition) is 0. The summed E-state index contributed by atoms with van der Waals surface area (Å²) in [6, 6.07) is 15.2. The van der Waals surface area contributed by atoms with Crippen LogP contribution in [-0.4, -0.2) is 13.7 Å². The monoisotopic (exact) mass is 339 g/mol. The molecule has 0 aromatic heterocycles. The minimum Gasteiger partial charge on any atom is -0.497 e. The van der Waals surface area contributed by atoms with Crippen LogP contribution in [0.1, 0.15) is 50.7 Å². The van der Waals surface area contributed by atoms with Crippen molar-refractivity contribution in [1.29, 1.82) is 0 Å². The van der Waals surface area contributed by atoms with E-state index in [0.29, 0.717) is 5.92 Å². The molecule has 0 aliphatic rings. The molecule has 0 radical (unpaired) electrons. The number of methoxy groups -OCH3 is 1. The Morgan fingerprint density at radius 1 is 1.04 bits per heavy atom. The number of unbranched alkanes of at least 4 members (excludes halogenated alkanes) is 1. The molecule has 2 nitrogen and oxygen atoms in total. The molecule has 136 valence electrons. The van der Waals surface area contributed by atoms with E-state index in [2.05, 4.69) is 69.0 Å². The summed E-state index contributed by atoms with van der Waals surface area (Å²) >= 11 is 0. The number of nitrogens with zero attached hydrogens (tertiary/aromatic N) is 1. The zero-order valence-corrected chi connectivity index (χ0v) is 16.5. The van der Waals surface area contributed by atoms with Crippen molar-refractivity contribution in [3.63, 3.8) is 0 Å². The van der Waals surface area contributed by atoms with Gasteiger partial charge in [-0.15, -0.1) is 0 Å². The fourth-order valence-electron chi connectivity index (χ4n) is 3.40. The van der Waals surface area contributed by atoms with Crippen molar-refractivity contribution >= 4 is 11.4 Å². The van der Waals surface area contributed by atoms with Crippen LogP contribution in [-0.2, 0) is 0 Å². The van der Waals surface area contributed by atoms with Crippen molar-refractivity contribution in [2.45, 2.75) is 53.4 Å². The van der Waals surface area contributed by atoms with Gasteiger partial charge in [0.2, 0.25) is 0 Å². The summed E-state index contributed by atoms with van der Waals surface area (Å²) in [4.78, 5) is 2.47. The van der Waals surface area contributed by atoms with Gasteiger partial charge >= 0.3 is 0 Å². The van der Waals surface area contributed by atoms with Crippen molar-refractivity contribution in [2.24, 2.45) is 5.92 Å². The molecule has 0 fully saturated rings. The first-order valence-electron chi connectivity index (χ1n) is 9.57. The third-order valence-corrected chi connectivity index (χ3v) is 4.99. The predicted octanol–water partition coefficient (Wildman–Crippen LogP) is 6.67. The Labute approximate surface area is 153 Å². The zero-order chi connectivity index (χ0) is 18.2. The fraction of sp³-hybridized carbons (Fsp3) is 0.478. The summed E-state index contributed by atoms with van der Waals surface area (Å²) in [5.74, 6) is 1.61. The van der Waals surface area contributed by atoms with Crippen LogP contribution in [0.2, 0.25) is 0 Å². The highest BCUT2D eigenvalue weighted by Gasteiger charge is 2.17. The van der Waals surface area contributed by atoms with E-state index in [0.717, 1.165) is 12.3 Å². The highest BCUT2D eigenvalue weighted by atomic mass is 16.5. The summed E-state index contributed by atoms with van der Waals surface area (Å²) < 4.78 is 5.46. The normalized spacial score (nSPS) is 12.0. The van der Waals surface area contributed by atoms with Gasteiger partial charge in [-0.25, -0.2) is 0 Å². The van der Waals surface area contributed by atoms with Crippen LogP contribution >= 0.6 is 0 Å². The van der Waals surface area contributed by atoms with Crippen molar-refractivity contribution < 1.29 is 4.74 Å². The Kier molecular flexibility index (Phi) is 7.36. The van der Waals surface area contributed by atoms with Crippen LogP contribution < -0.4 is 9.64 Å². The Bertz CT molecular complexity index is 665. The zero-order valence-electron chi connectivity index (χ0n) is 16.5. The lowest BCUT2D eigenvalue weighted by atomic mass is 9.97. The summed E-state index contributed by atoms with van der Waals surface area (Å²) in [6.07, 6.45) is 5.07. The smallest absolute Gasteiger partial charge is 0.120 e. The second-order valence-corrected chi connectivity index (χ2v) is 7.02. The number of hydrogen-bond acceptors (Lipinski definition) is 2. The quantitative estimate of drug-likeness (QED) is 0.506. The molecule has 0 spiro atoms. The molecule has 1 unspecified atom stereocenters. The minimum atomic E-state index is 0.701. The largest absolute Gasteiger partial charge is 0.497 e. The molecular formula is C23H33NO. The highest BCUT2D eigenvalue weighted by molar-refractivity contribution is 5.67. The molecule has 0 amide bonds. The fourth-order valence-corrected chi connectivity index (χ4v) is 3.40. The first-order chi connectivity index (χ1) is 12.1. The molecule has 0 saturated carbocycles. The summed E-state index contributed by atoms with van der Waals surface area (Å²) in [5.41, 5.74) is 5.15. The third kappa shape index (κ3) is 5.26. The second kappa shape index (κ2) is 9.50. The van der Waals surface area contributed by atoms with Crippen LogP contribution in [0.3, 0.4) is 0 Å². The summed E-state index contributed by atoms with van der Waals surface area (Å²) in [7, 11) is 1.73. The SMILES string of the molecule is CCCCC(CC)CN(c1cccc(OC)c1)c1ccc(C)cc1C. The van der Waals surface area contributed by atoms with E-state index < -0.39 is 0 Å². The molecule has 0 saturated heterocycles. The van der Waals surface area contributed by atoms with Crippen LogP contribution in [0.25, 0.3) is 0 Å². The van der Waals surface area contributed by atoms with Gasteiger partial charge in [-0.2, -0.15) is 0 Å². The van der Waals surface area contributed by atoms with Gasteiger partial charge in [-0.1, -0.05) is 56.9 Å². The van der Waals surface area contributed by atoms with Gasteiger partial charge in [-0.05, 0) is 49.9 Å². The standard InChI is InChI=1S/C23H33NO/c1-6-8-10-20(7-2)17-24(21-11-9-12-22(16-21)25-5)23-14-13-18(3)15-19(23)4/h9,11-16,20H,6-8,10,17H2,1-5H3. The summed E-state index contributed by atoms with van der Waals surface area (Å²) in [6.45, 7) is 10.0. The Morgan fingerprint density at radius 2 is 1.84 bits per heavy atom. The molecule has 0 aliphatic heterocycles. The molecule has 1 atom stereocenters. The van der Waals surface area contributed by atoms with E-state index in [9.17, 15) is 0 Å². The molecule has 0 N–H and O–H groups in total. The predicted molar refractivity (Wildman–Crippen MR) is 109 cm³/mol. The second-order valence-electron chi connectivity index (χ2n) is 7.02. The molecule has 0 bridgehead atoms. The van der Waals surface area contributed by atoms with Gasteiger partial charge in [0.05, 0.1) is 7.11 Å². The lowest BCUT2D eigenvalue weighted by Gasteiger charge is -2.31. The Balaban J connectivity index is 2.39. The van der Waals surface area contributed by atoms with Crippen molar-refractivity contribution in [1.82, 2.24) is 0 Å². The molecule has 0 heterocycles. The molecule has 2 heteroatoms. The average molecular weight is 340 g/mol. The van der Waals surface area contributed by atoms with Gasteiger partial charge in [0.1, 0.15) is 5.75 Å². The summed E-state index contributed by atoms with van der Waals surface area (Å²) in [5, 5.41) is 0. The van der Waals surface area contributed by atoms with E-state index in [1.54, 1.807) is 7.11 Å². The molecule has 25 heavy (non-hydrogen) atoms. The molecule has 2 rings (SSSR count). The van der Waals surface area contributed by atoms with Gasteiger partial charge in [-0.3, -0.25) is 0 Å². The third-order valence-electron chi connectivity index (χ3n) is 4.99. The molecule has 2 aromatic carbocycles.